The third-order valence-corrected chi connectivity index (χ3v) is 6.04. The quantitative estimate of drug-likeness (QED) is 0.720. The van der Waals surface area contributed by atoms with E-state index in [2.05, 4.69) is 19.6 Å². The maximum absolute atomic E-state index is 11.5. The summed E-state index contributed by atoms with van der Waals surface area (Å²) < 4.78 is 5.84. The van der Waals surface area contributed by atoms with E-state index in [-0.39, 0.29) is 12.1 Å². The van der Waals surface area contributed by atoms with Crippen LogP contribution >= 0.6 is 0 Å². The van der Waals surface area contributed by atoms with Crippen LogP contribution in [0, 0.1) is 0 Å². The van der Waals surface area contributed by atoms with Gasteiger partial charge in [-0.25, -0.2) is 5.11 Å². The number of para-hydroxylation sites is 1. The third-order valence-electron chi connectivity index (χ3n) is 3.45. The molecule has 105 valence electrons. The Hall–Kier alpha value is -1.58. The van der Waals surface area contributed by atoms with E-state index in [4.69, 9.17) is 4.74 Å². The zero-order valence-corrected chi connectivity index (χ0v) is 13.3. The second kappa shape index (κ2) is 6.24. The van der Waals surface area contributed by atoms with Gasteiger partial charge in [-0.15, -0.1) is 0 Å². The lowest BCUT2D eigenvalue weighted by Crippen LogP contribution is -2.33. The van der Waals surface area contributed by atoms with Gasteiger partial charge in [-0.2, -0.15) is 0 Å². The Kier molecular flexibility index (Phi) is 4.63. The van der Waals surface area contributed by atoms with Crippen molar-refractivity contribution in [1.82, 2.24) is 0 Å². The van der Waals surface area contributed by atoms with Gasteiger partial charge in [0, 0.05) is 5.54 Å². The number of hydrogen-bond donors (Lipinski definition) is 0. The van der Waals surface area contributed by atoms with E-state index in [1.807, 2.05) is 54.6 Å². The summed E-state index contributed by atoms with van der Waals surface area (Å²) in [6.07, 6.45) is 0. The highest BCUT2D eigenvalue weighted by Crippen LogP contribution is 2.30. The highest BCUT2D eigenvalue weighted by Gasteiger charge is 2.28. The van der Waals surface area contributed by atoms with Gasteiger partial charge in [0.25, 0.3) is 0 Å². The predicted octanol–water partition coefficient (Wildman–Crippen LogP) is 4.87. The summed E-state index contributed by atoms with van der Waals surface area (Å²) in [7, 11) is -1.51. The average molecular weight is 285 g/mol. The van der Waals surface area contributed by atoms with E-state index >= 15 is 0 Å². The maximum Gasteiger partial charge on any atom is 0.127 e. The SMILES string of the molecule is C[Si](C)(C)C(C[O])c1cccc(Oc2ccccc2)c1. The van der Waals surface area contributed by atoms with Crippen molar-refractivity contribution in [2.45, 2.75) is 25.2 Å². The van der Waals surface area contributed by atoms with Crippen LogP contribution in [0.1, 0.15) is 11.1 Å². The molecule has 0 saturated heterocycles. The van der Waals surface area contributed by atoms with E-state index in [1.54, 1.807) is 0 Å². The summed E-state index contributed by atoms with van der Waals surface area (Å²) in [6, 6.07) is 17.7. The molecule has 0 aliphatic carbocycles. The molecule has 0 bridgehead atoms. The fourth-order valence-electron chi connectivity index (χ4n) is 2.27. The van der Waals surface area contributed by atoms with Crippen LogP contribution in [0.15, 0.2) is 54.6 Å². The lowest BCUT2D eigenvalue weighted by Gasteiger charge is -2.27. The van der Waals surface area contributed by atoms with Crippen LogP contribution in [-0.2, 0) is 5.11 Å². The van der Waals surface area contributed by atoms with Gasteiger partial charge >= 0.3 is 0 Å². The highest BCUT2D eigenvalue weighted by molar-refractivity contribution is 6.77. The zero-order chi connectivity index (χ0) is 14.6. The van der Waals surface area contributed by atoms with Crippen molar-refractivity contribution in [3.05, 3.63) is 60.2 Å². The molecule has 0 aliphatic rings. The van der Waals surface area contributed by atoms with Crippen LogP contribution in [0.4, 0.5) is 0 Å². The van der Waals surface area contributed by atoms with Gasteiger partial charge in [0.2, 0.25) is 0 Å². The Morgan fingerprint density at radius 3 is 2.20 bits per heavy atom. The molecule has 0 amide bonds. The van der Waals surface area contributed by atoms with Gasteiger partial charge < -0.3 is 4.74 Å². The lowest BCUT2D eigenvalue weighted by atomic mass is 10.1. The van der Waals surface area contributed by atoms with Crippen molar-refractivity contribution in [3.63, 3.8) is 0 Å². The monoisotopic (exact) mass is 285 g/mol. The summed E-state index contributed by atoms with van der Waals surface area (Å²) in [6.45, 7) is 6.66. The summed E-state index contributed by atoms with van der Waals surface area (Å²) in [5.41, 5.74) is 1.23. The summed E-state index contributed by atoms with van der Waals surface area (Å²) in [5.74, 6) is 1.61. The van der Waals surface area contributed by atoms with Crippen LogP contribution in [0.3, 0.4) is 0 Å². The van der Waals surface area contributed by atoms with Crippen LogP contribution in [0.2, 0.25) is 19.6 Å². The smallest absolute Gasteiger partial charge is 0.127 e. The maximum atomic E-state index is 11.5. The van der Waals surface area contributed by atoms with Crippen LogP contribution in [0.5, 0.6) is 11.5 Å². The largest absolute Gasteiger partial charge is 0.457 e. The molecule has 0 saturated carbocycles. The Morgan fingerprint density at radius 1 is 0.950 bits per heavy atom. The molecular weight excluding hydrogens is 264 g/mol. The fraction of sp³-hybridized carbons (Fsp3) is 0.294. The van der Waals surface area contributed by atoms with E-state index in [0.29, 0.717) is 0 Å². The van der Waals surface area contributed by atoms with Gasteiger partial charge in [-0.1, -0.05) is 50.0 Å². The molecule has 0 aromatic heterocycles. The molecule has 2 nitrogen and oxygen atoms in total. The molecule has 0 fully saturated rings. The average Bonchev–Trinajstić information content (AvgIpc) is 2.39. The van der Waals surface area contributed by atoms with Crippen LogP contribution < -0.4 is 4.74 Å². The topological polar surface area (TPSA) is 29.1 Å². The Morgan fingerprint density at radius 2 is 1.60 bits per heavy atom. The highest BCUT2D eigenvalue weighted by atomic mass is 28.3. The minimum atomic E-state index is -1.51. The van der Waals surface area contributed by atoms with Crippen molar-refractivity contribution in [2.24, 2.45) is 0 Å². The molecule has 0 heterocycles. The van der Waals surface area contributed by atoms with E-state index in [9.17, 15) is 5.11 Å². The first kappa shape index (κ1) is 14.8. The Bertz CT molecular complexity index is 546. The molecule has 1 unspecified atom stereocenters. The molecule has 2 aromatic carbocycles. The van der Waals surface area contributed by atoms with Crippen LogP contribution in [0.25, 0.3) is 0 Å². The molecule has 2 rings (SSSR count). The van der Waals surface area contributed by atoms with E-state index < -0.39 is 8.07 Å². The predicted molar refractivity (Wildman–Crippen MR) is 84.6 cm³/mol. The van der Waals surface area contributed by atoms with Crippen molar-refractivity contribution in [2.75, 3.05) is 6.61 Å². The molecule has 3 heteroatoms. The number of rotatable bonds is 5. The van der Waals surface area contributed by atoms with E-state index in [0.717, 1.165) is 17.1 Å². The lowest BCUT2D eigenvalue weighted by molar-refractivity contribution is 0.190. The zero-order valence-electron chi connectivity index (χ0n) is 12.3. The van der Waals surface area contributed by atoms with Gasteiger partial charge in [0.05, 0.1) is 14.7 Å². The van der Waals surface area contributed by atoms with Crippen molar-refractivity contribution in [3.8, 4) is 11.5 Å². The second-order valence-electron chi connectivity index (χ2n) is 6.07. The van der Waals surface area contributed by atoms with Gasteiger partial charge in [-0.3, -0.25) is 0 Å². The number of hydrogen-bond acceptors (Lipinski definition) is 1. The Balaban J connectivity index is 2.24. The molecule has 1 radical (unpaired) electrons. The fourth-order valence-corrected chi connectivity index (χ4v) is 3.95. The standard InChI is InChI=1S/C17H21O2Si/c1-20(2,3)17(13-18)14-8-7-11-16(12-14)19-15-9-5-4-6-10-15/h4-12,17H,13H2,1-3H3. The molecule has 2 aromatic rings. The number of ether oxygens (including phenoxy) is 1. The second-order valence-corrected chi connectivity index (χ2v) is 11.5. The molecule has 0 spiro atoms. The minimum absolute atomic E-state index is 0.0511. The first-order chi connectivity index (χ1) is 9.50. The van der Waals surface area contributed by atoms with Gasteiger partial charge in [-0.05, 0) is 29.8 Å². The summed E-state index contributed by atoms with van der Waals surface area (Å²) >= 11 is 0. The first-order valence-electron chi connectivity index (χ1n) is 6.91. The molecule has 1 atom stereocenters. The molecular formula is C17H21O2Si. The summed E-state index contributed by atoms with van der Waals surface area (Å²) in [4.78, 5) is 0. The van der Waals surface area contributed by atoms with Crippen molar-refractivity contribution >= 4 is 8.07 Å². The normalized spacial score (nSPS) is 13.0. The van der Waals surface area contributed by atoms with Gasteiger partial charge in [0.15, 0.2) is 0 Å². The third kappa shape index (κ3) is 3.71. The molecule has 0 N–H and O–H groups in total. The van der Waals surface area contributed by atoms with E-state index in [1.165, 1.54) is 0 Å². The minimum Gasteiger partial charge on any atom is -0.457 e. The van der Waals surface area contributed by atoms with Gasteiger partial charge in [0.1, 0.15) is 11.5 Å². The van der Waals surface area contributed by atoms with Crippen LogP contribution in [-0.4, -0.2) is 14.7 Å². The number of benzene rings is 2. The van der Waals surface area contributed by atoms with Crippen molar-refractivity contribution in [1.29, 1.82) is 0 Å². The first-order valence-corrected chi connectivity index (χ1v) is 10.5. The van der Waals surface area contributed by atoms with Crippen molar-refractivity contribution < 1.29 is 9.84 Å². The molecule has 0 aliphatic heterocycles. The summed E-state index contributed by atoms with van der Waals surface area (Å²) in [5, 5.41) is 11.5. The molecule has 20 heavy (non-hydrogen) atoms. The Labute approximate surface area is 122 Å².